The van der Waals surface area contributed by atoms with Crippen molar-refractivity contribution in [2.24, 2.45) is 5.92 Å². The molecule has 0 spiro atoms. The Balaban J connectivity index is 0.00000264. The summed E-state index contributed by atoms with van der Waals surface area (Å²) in [5.74, 6) is 0.406. The van der Waals surface area contributed by atoms with E-state index in [1.54, 1.807) is 8.61 Å². The fourth-order valence-electron chi connectivity index (χ4n) is 3.00. The maximum Gasteiger partial charge on any atom is 0.282 e. The number of benzene rings is 1. The molecule has 2 rings (SSSR count). The highest BCUT2D eigenvalue weighted by Crippen LogP contribution is 2.21. The monoisotopic (exact) mass is 361 g/mol. The third-order valence-electron chi connectivity index (χ3n) is 4.18. The Hall–Kier alpha value is -0.660. The van der Waals surface area contributed by atoms with E-state index in [2.05, 4.69) is 5.32 Å². The second-order valence-electron chi connectivity index (χ2n) is 5.84. The van der Waals surface area contributed by atoms with E-state index in [0.29, 0.717) is 32.1 Å². The van der Waals surface area contributed by atoms with Crippen molar-refractivity contribution < 1.29 is 8.42 Å². The van der Waals surface area contributed by atoms with Gasteiger partial charge in [-0.1, -0.05) is 37.3 Å². The Bertz CT molecular complexity index is 552. The fourth-order valence-corrected chi connectivity index (χ4v) is 4.72. The summed E-state index contributed by atoms with van der Waals surface area (Å²) in [5.41, 5.74) is 1.02. The van der Waals surface area contributed by atoms with E-state index in [4.69, 9.17) is 0 Å². The SMILES string of the molecule is CCN(Cc1ccccc1)S(=O)(=O)N1CCCC(CNC)C1.Cl. The van der Waals surface area contributed by atoms with Gasteiger partial charge < -0.3 is 5.32 Å². The largest absolute Gasteiger partial charge is 0.319 e. The van der Waals surface area contributed by atoms with Crippen molar-refractivity contribution in [2.75, 3.05) is 33.2 Å². The maximum atomic E-state index is 12.9. The summed E-state index contributed by atoms with van der Waals surface area (Å²) in [6, 6.07) is 9.77. The minimum absolute atomic E-state index is 0. The lowest BCUT2D eigenvalue weighted by atomic mass is 10.00. The summed E-state index contributed by atoms with van der Waals surface area (Å²) in [6.45, 7) is 4.95. The zero-order chi connectivity index (χ0) is 16.0. The Morgan fingerprint density at radius 1 is 1.30 bits per heavy atom. The van der Waals surface area contributed by atoms with Crippen molar-refractivity contribution in [1.82, 2.24) is 13.9 Å². The van der Waals surface area contributed by atoms with Crippen molar-refractivity contribution in [3.63, 3.8) is 0 Å². The molecule has 1 aromatic rings. The normalized spacial score (nSPS) is 19.5. The molecule has 1 aliphatic rings. The van der Waals surface area contributed by atoms with Gasteiger partial charge >= 0.3 is 0 Å². The van der Waals surface area contributed by atoms with Crippen molar-refractivity contribution in [3.8, 4) is 0 Å². The van der Waals surface area contributed by atoms with Crippen molar-refractivity contribution in [2.45, 2.75) is 26.3 Å². The highest BCUT2D eigenvalue weighted by atomic mass is 35.5. The van der Waals surface area contributed by atoms with Gasteiger partial charge in [0.15, 0.2) is 0 Å². The minimum Gasteiger partial charge on any atom is -0.319 e. The van der Waals surface area contributed by atoms with Crippen molar-refractivity contribution in [3.05, 3.63) is 35.9 Å². The van der Waals surface area contributed by atoms with Gasteiger partial charge in [0, 0.05) is 26.2 Å². The van der Waals surface area contributed by atoms with Gasteiger partial charge in [-0.25, -0.2) is 0 Å². The molecule has 5 nitrogen and oxygen atoms in total. The first kappa shape index (κ1) is 20.4. The first-order valence-electron chi connectivity index (χ1n) is 8.01. The predicted molar refractivity (Wildman–Crippen MR) is 96.9 cm³/mol. The van der Waals surface area contributed by atoms with E-state index in [1.165, 1.54) is 0 Å². The molecule has 7 heteroatoms. The molecule has 23 heavy (non-hydrogen) atoms. The number of hydrogen-bond acceptors (Lipinski definition) is 3. The van der Waals surface area contributed by atoms with Crippen LogP contribution < -0.4 is 5.32 Å². The molecule has 1 heterocycles. The van der Waals surface area contributed by atoms with Crippen LogP contribution in [0.2, 0.25) is 0 Å². The van der Waals surface area contributed by atoms with Gasteiger partial charge in [0.1, 0.15) is 0 Å². The number of rotatable bonds is 7. The molecular weight excluding hydrogens is 334 g/mol. The lowest BCUT2D eigenvalue weighted by molar-refractivity contribution is 0.244. The van der Waals surface area contributed by atoms with Crippen LogP contribution >= 0.6 is 12.4 Å². The van der Waals surface area contributed by atoms with E-state index in [9.17, 15) is 8.42 Å². The molecule has 1 aromatic carbocycles. The average Bonchev–Trinajstić information content (AvgIpc) is 2.54. The van der Waals surface area contributed by atoms with Crippen LogP contribution in [0.3, 0.4) is 0 Å². The van der Waals surface area contributed by atoms with Crippen LogP contribution in [0.1, 0.15) is 25.3 Å². The summed E-state index contributed by atoms with van der Waals surface area (Å²) in [6.07, 6.45) is 2.03. The van der Waals surface area contributed by atoms with Gasteiger partial charge in [0.05, 0.1) is 0 Å². The van der Waals surface area contributed by atoms with Gasteiger partial charge in [-0.3, -0.25) is 0 Å². The van der Waals surface area contributed by atoms with E-state index in [-0.39, 0.29) is 12.4 Å². The van der Waals surface area contributed by atoms with Crippen LogP contribution in [0.5, 0.6) is 0 Å². The van der Waals surface area contributed by atoms with Gasteiger partial charge in [0.2, 0.25) is 0 Å². The van der Waals surface area contributed by atoms with Crippen LogP contribution in [0.4, 0.5) is 0 Å². The lowest BCUT2D eigenvalue weighted by Crippen LogP contribution is -2.48. The fraction of sp³-hybridized carbons (Fsp3) is 0.625. The highest BCUT2D eigenvalue weighted by Gasteiger charge is 2.32. The minimum atomic E-state index is -3.38. The average molecular weight is 362 g/mol. The molecule has 0 aliphatic carbocycles. The molecule has 1 fully saturated rings. The summed E-state index contributed by atoms with van der Waals surface area (Å²) in [5, 5.41) is 3.16. The summed E-state index contributed by atoms with van der Waals surface area (Å²) < 4.78 is 29.0. The van der Waals surface area contributed by atoms with Crippen LogP contribution in [0.15, 0.2) is 30.3 Å². The Labute approximate surface area is 146 Å². The summed E-state index contributed by atoms with van der Waals surface area (Å²) >= 11 is 0. The van der Waals surface area contributed by atoms with Gasteiger partial charge in [-0.15, -0.1) is 12.4 Å². The van der Waals surface area contributed by atoms with E-state index >= 15 is 0 Å². The highest BCUT2D eigenvalue weighted by molar-refractivity contribution is 7.86. The summed E-state index contributed by atoms with van der Waals surface area (Å²) in [7, 11) is -1.47. The first-order valence-corrected chi connectivity index (χ1v) is 9.41. The van der Waals surface area contributed by atoms with E-state index in [1.807, 2.05) is 44.3 Å². The van der Waals surface area contributed by atoms with E-state index in [0.717, 1.165) is 24.9 Å². The molecule has 1 unspecified atom stereocenters. The van der Waals surface area contributed by atoms with Gasteiger partial charge in [-0.05, 0) is 37.9 Å². The molecule has 1 aliphatic heterocycles. The zero-order valence-corrected chi connectivity index (χ0v) is 15.6. The molecule has 0 radical (unpaired) electrons. The number of nitrogens with one attached hydrogen (secondary N) is 1. The van der Waals surface area contributed by atoms with Crippen LogP contribution in [-0.2, 0) is 16.8 Å². The van der Waals surface area contributed by atoms with Crippen molar-refractivity contribution >= 4 is 22.6 Å². The number of halogens is 1. The molecule has 0 saturated carbocycles. The maximum absolute atomic E-state index is 12.9. The standard InChI is InChI=1S/C16H27N3O2S.ClH/c1-3-18(13-15-8-5-4-6-9-15)22(20,21)19-11-7-10-16(14-19)12-17-2;/h4-6,8-9,16-17H,3,7,10-14H2,1-2H3;1H. The molecule has 0 bridgehead atoms. The topological polar surface area (TPSA) is 52.7 Å². The molecule has 1 N–H and O–H groups in total. The molecular formula is C16H28ClN3O2S. The second kappa shape index (κ2) is 9.59. The molecule has 0 amide bonds. The quantitative estimate of drug-likeness (QED) is 0.809. The Kier molecular flexibility index (Phi) is 8.50. The number of hydrogen-bond donors (Lipinski definition) is 1. The summed E-state index contributed by atoms with van der Waals surface area (Å²) in [4.78, 5) is 0. The number of piperidine rings is 1. The van der Waals surface area contributed by atoms with Gasteiger partial charge in [-0.2, -0.15) is 17.0 Å². The third-order valence-corrected chi connectivity index (χ3v) is 6.21. The smallest absolute Gasteiger partial charge is 0.282 e. The molecule has 0 aromatic heterocycles. The van der Waals surface area contributed by atoms with Crippen LogP contribution in [0.25, 0.3) is 0 Å². The van der Waals surface area contributed by atoms with Crippen LogP contribution in [-0.4, -0.2) is 50.3 Å². The first-order chi connectivity index (χ1) is 10.6. The number of nitrogens with zero attached hydrogens (tertiary/aromatic N) is 2. The lowest BCUT2D eigenvalue weighted by Gasteiger charge is -2.35. The van der Waals surface area contributed by atoms with Crippen molar-refractivity contribution in [1.29, 1.82) is 0 Å². The van der Waals surface area contributed by atoms with Gasteiger partial charge in [0.25, 0.3) is 10.2 Å². The molecule has 132 valence electrons. The predicted octanol–water partition coefficient (Wildman–Crippen LogP) is 2.11. The molecule has 1 saturated heterocycles. The Morgan fingerprint density at radius 3 is 2.61 bits per heavy atom. The van der Waals surface area contributed by atoms with Crippen LogP contribution in [0, 0.1) is 5.92 Å². The van der Waals surface area contributed by atoms with E-state index < -0.39 is 10.2 Å². The molecule has 1 atom stereocenters. The zero-order valence-electron chi connectivity index (χ0n) is 13.9. The second-order valence-corrected chi connectivity index (χ2v) is 7.77. The Morgan fingerprint density at radius 2 is 2.00 bits per heavy atom. The third kappa shape index (κ3) is 5.43.